The number of carboxylic acid groups (broad SMARTS) is 1. The van der Waals surface area contributed by atoms with Gasteiger partial charge in [0.25, 0.3) is 5.91 Å². The highest BCUT2D eigenvalue weighted by molar-refractivity contribution is 6.30. The molecule has 1 heterocycles. The average molecular weight is 316 g/mol. The van der Waals surface area contributed by atoms with Crippen LogP contribution in [-0.2, 0) is 9.53 Å². The fourth-order valence-electron chi connectivity index (χ4n) is 2.35. The standard InChI is InChI=1S/C14H15ClFNO4/c15-10-2-1-9(7-11(10)16)13(20)17-14(8-12(18)19)3-5-21-6-4-14/h1-2,7H,3-6,8H2,(H,17,20)(H,18,19). The third-order valence-corrected chi connectivity index (χ3v) is 3.81. The summed E-state index contributed by atoms with van der Waals surface area (Å²) in [5.41, 5.74) is -0.759. The van der Waals surface area contributed by atoms with Gasteiger partial charge in [0, 0.05) is 18.8 Å². The Morgan fingerprint density at radius 3 is 2.62 bits per heavy atom. The molecule has 7 heteroatoms. The number of nitrogens with one attached hydrogen (secondary N) is 1. The van der Waals surface area contributed by atoms with E-state index in [1.807, 2.05) is 0 Å². The summed E-state index contributed by atoms with van der Waals surface area (Å²) in [7, 11) is 0. The van der Waals surface area contributed by atoms with E-state index in [9.17, 15) is 14.0 Å². The van der Waals surface area contributed by atoms with E-state index >= 15 is 0 Å². The maximum absolute atomic E-state index is 13.4. The lowest BCUT2D eigenvalue weighted by Gasteiger charge is -2.36. The number of hydrogen-bond acceptors (Lipinski definition) is 3. The number of carbonyl (C=O) groups is 2. The molecule has 1 saturated heterocycles. The topological polar surface area (TPSA) is 75.6 Å². The second kappa shape index (κ2) is 6.41. The van der Waals surface area contributed by atoms with Crippen LogP contribution in [0.5, 0.6) is 0 Å². The molecule has 0 atom stereocenters. The molecule has 0 spiro atoms. The van der Waals surface area contributed by atoms with E-state index in [2.05, 4.69) is 5.32 Å². The molecule has 0 aliphatic carbocycles. The van der Waals surface area contributed by atoms with Crippen molar-refractivity contribution < 1.29 is 23.8 Å². The fourth-order valence-corrected chi connectivity index (χ4v) is 2.47. The first-order valence-corrected chi connectivity index (χ1v) is 6.87. The summed E-state index contributed by atoms with van der Waals surface area (Å²) in [5.74, 6) is -2.21. The van der Waals surface area contributed by atoms with Crippen LogP contribution in [-0.4, -0.2) is 35.7 Å². The molecule has 1 aromatic rings. The molecule has 1 amide bonds. The molecule has 1 aliphatic heterocycles. The number of ether oxygens (including phenoxy) is 1. The minimum atomic E-state index is -1.00. The molecule has 1 aromatic carbocycles. The Morgan fingerprint density at radius 2 is 2.05 bits per heavy atom. The van der Waals surface area contributed by atoms with Crippen LogP contribution in [0, 0.1) is 5.82 Å². The number of rotatable bonds is 4. The molecule has 0 radical (unpaired) electrons. The molecule has 114 valence electrons. The van der Waals surface area contributed by atoms with Crippen LogP contribution in [0.2, 0.25) is 5.02 Å². The van der Waals surface area contributed by atoms with E-state index in [0.717, 1.165) is 6.07 Å². The van der Waals surface area contributed by atoms with Crippen molar-refractivity contribution in [1.82, 2.24) is 5.32 Å². The Kier molecular flexibility index (Phi) is 4.80. The normalized spacial score (nSPS) is 17.2. The Labute approximate surface area is 126 Å². The van der Waals surface area contributed by atoms with Crippen molar-refractivity contribution in [2.45, 2.75) is 24.8 Å². The quantitative estimate of drug-likeness (QED) is 0.893. The summed E-state index contributed by atoms with van der Waals surface area (Å²) >= 11 is 5.57. The summed E-state index contributed by atoms with van der Waals surface area (Å²) in [4.78, 5) is 23.2. The zero-order valence-electron chi connectivity index (χ0n) is 11.2. The van der Waals surface area contributed by atoms with E-state index in [1.165, 1.54) is 12.1 Å². The monoisotopic (exact) mass is 315 g/mol. The minimum absolute atomic E-state index is 0.0714. The molecule has 0 unspecified atom stereocenters. The van der Waals surface area contributed by atoms with Gasteiger partial charge >= 0.3 is 5.97 Å². The number of carbonyl (C=O) groups excluding carboxylic acids is 1. The van der Waals surface area contributed by atoms with Crippen LogP contribution in [0.25, 0.3) is 0 Å². The molecule has 0 aromatic heterocycles. The van der Waals surface area contributed by atoms with Crippen molar-refractivity contribution in [3.63, 3.8) is 0 Å². The van der Waals surface area contributed by atoms with Gasteiger partial charge in [-0.1, -0.05) is 11.6 Å². The summed E-state index contributed by atoms with van der Waals surface area (Å²) in [6, 6.07) is 3.72. The second-order valence-electron chi connectivity index (χ2n) is 5.05. The first-order valence-electron chi connectivity index (χ1n) is 6.49. The number of hydrogen-bond donors (Lipinski definition) is 2. The maximum atomic E-state index is 13.4. The van der Waals surface area contributed by atoms with Gasteiger partial charge in [0.1, 0.15) is 5.82 Å². The van der Waals surface area contributed by atoms with Crippen LogP contribution in [0.1, 0.15) is 29.6 Å². The molecular weight excluding hydrogens is 301 g/mol. The molecule has 2 N–H and O–H groups in total. The lowest BCUT2D eigenvalue weighted by Crippen LogP contribution is -2.53. The number of carboxylic acids is 1. The highest BCUT2D eigenvalue weighted by Crippen LogP contribution is 2.25. The average Bonchev–Trinajstić information content (AvgIpc) is 2.41. The van der Waals surface area contributed by atoms with Crippen molar-refractivity contribution >= 4 is 23.5 Å². The SMILES string of the molecule is O=C(O)CC1(NC(=O)c2ccc(Cl)c(F)c2)CCOCC1. The Balaban J connectivity index is 2.17. The number of halogens is 2. The van der Waals surface area contributed by atoms with Gasteiger partial charge in [-0.25, -0.2) is 4.39 Å². The van der Waals surface area contributed by atoms with Crippen molar-refractivity contribution in [2.75, 3.05) is 13.2 Å². The molecule has 0 bridgehead atoms. The van der Waals surface area contributed by atoms with Crippen LogP contribution < -0.4 is 5.32 Å². The predicted octanol–water partition coefficient (Wildman–Crippen LogP) is 2.23. The molecule has 2 rings (SSSR count). The van der Waals surface area contributed by atoms with Crippen LogP contribution >= 0.6 is 11.6 Å². The highest BCUT2D eigenvalue weighted by Gasteiger charge is 2.36. The van der Waals surface area contributed by atoms with Gasteiger partial charge in [-0.15, -0.1) is 0 Å². The lowest BCUT2D eigenvalue weighted by atomic mass is 9.86. The first kappa shape index (κ1) is 15.7. The third kappa shape index (κ3) is 3.92. The first-order chi connectivity index (χ1) is 9.92. The maximum Gasteiger partial charge on any atom is 0.305 e. The van der Waals surface area contributed by atoms with E-state index < -0.39 is 23.2 Å². The predicted molar refractivity (Wildman–Crippen MR) is 73.9 cm³/mol. The summed E-state index contributed by atoms with van der Waals surface area (Å²) in [6.07, 6.45) is 0.612. The Morgan fingerprint density at radius 1 is 1.38 bits per heavy atom. The minimum Gasteiger partial charge on any atom is -0.481 e. The van der Waals surface area contributed by atoms with E-state index in [0.29, 0.717) is 26.1 Å². The zero-order valence-corrected chi connectivity index (χ0v) is 12.0. The van der Waals surface area contributed by atoms with Gasteiger partial charge in [-0.3, -0.25) is 9.59 Å². The zero-order chi connectivity index (χ0) is 15.5. The molecule has 21 heavy (non-hydrogen) atoms. The van der Waals surface area contributed by atoms with Crippen LogP contribution in [0.15, 0.2) is 18.2 Å². The molecule has 5 nitrogen and oxygen atoms in total. The van der Waals surface area contributed by atoms with E-state index in [-0.39, 0.29) is 17.0 Å². The Bertz CT molecular complexity index is 558. The van der Waals surface area contributed by atoms with Crippen molar-refractivity contribution in [2.24, 2.45) is 0 Å². The Hall–Kier alpha value is -1.66. The van der Waals surface area contributed by atoms with E-state index in [4.69, 9.17) is 21.4 Å². The van der Waals surface area contributed by atoms with Crippen LogP contribution in [0.3, 0.4) is 0 Å². The fraction of sp³-hybridized carbons (Fsp3) is 0.429. The van der Waals surface area contributed by atoms with Gasteiger partial charge in [-0.2, -0.15) is 0 Å². The van der Waals surface area contributed by atoms with Crippen molar-refractivity contribution in [1.29, 1.82) is 0 Å². The van der Waals surface area contributed by atoms with E-state index in [1.54, 1.807) is 0 Å². The van der Waals surface area contributed by atoms with Gasteiger partial charge in [0.15, 0.2) is 0 Å². The largest absolute Gasteiger partial charge is 0.481 e. The molecule has 1 aliphatic rings. The van der Waals surface area contributed by atoms with Gasteiger partial charge in [0.05, 0.1) is 17.0 Å². The van der Waals surface area contributed by atoms with Gasteiger partial charge in [-0.05, 0) is 31.0 Å². The molecule has 1 fully saturated rings. The second-order valence-corrected chi connectivity index (χ2v) is 5.45. The summed E-state index contributed by atoms with van der Waals surface area (Å²) in [5, 5.41) is 11.7. The van der Waals surface area contributed by atoms with Crippen molar-refractivity contribution in [3.8, 4) is 0 Å². The molecule has 0 saturated carbocycles. The molecular formula is C14H15ClFNO4. The number of benzene rings is 1. The van der Waals surface area contributed by atoms with Gasteiger partial charge < -0.3 is 15.2 Å². The highest BCUT2D eigenvalue weighted by atomic mass is 35.5. The smallest absolute Gasteiger partial charge is 0.305 e. The number of aliphatic carboxylic acids is 1. The lowest BCUT2D eigenvalue weighted by molar-refractivity contribution is -0.139. The summed E-state index contributed by atoms with van der Waals surface area (Å²) in [6.45, 7) is 0.755. The summed E-state index contributed by atoms with van der Waals surface area (Å²) < 4.78 is 18.6. The third-order valence-electron chi connectivity index (χ3n) is 3.50. The van der Waals surface area contributed by atoms with Crippen molar-refractivity contribution in [3.05, 3.63) is 34.6 Å². The van der Waals surface area contributed by atoms with Crippen LogP contribution in [0.4, 0.5) is 4.39 Å². The van der Waals surface area contributed by atoms with Gasteiger partial charge in [0.2, 0.25) is 0 Å². The number of amides is 1.